The van der Waals surface area contributed by atoms with Crippen LogP contribution in [0, 0.1) is 0 Å². The Bertz CT molecular complexity index is 446. The van der Waals surface area contributed by atoms with E-state index in [0.29, 0.717) is 0 Å². The minimum Gasteiger partial charge on any atom is -0.496 e. The van der Waals surface area contributed by atoms with Crippen molar-refractivity contribution >= 4 is 5.91 Å². The average molecular weight is 263 g/mol. The number of nitrogens with zero attached hydrogens (tertiary/aromatic N) is 1. The number of halogens is 3. The molecule has 4 nitrogen and oxygen atoms in total. The van der Waals surface area contributed by atoms with E-state index in [2.05, 4.69) is 9.57 Å². The molecule has 1 rings (SSSR count). The molecule has 1 aromatic rings. The number of benzene rings is 1. The van der Waals surface area contributed by atoms with Crippen molar-refractivity contribution in [2.75, 3.05) is 21.3 Å². The predicted octanol–water partition coefficient (Wildman–Crippen LogP) is 2.35. The van der Waals surface area contributed by atoms with Gasteiger partial charge >= 0.3 is 6.18 Å². The van der Waals surface area contributed by atoms with Gasteiger partial charge in [0.05, 0.1) is 19.8 Å². The second-order valence-corrected chi connectivity index (χ2v) is 3.40. The first-order valence-electron chi connectivity index (χ1n) is 4.88. The molecule has 1 aromatic carbocycles. The Kier molecular flexibility index (Phi) is 4.18. The number of methoxy groups -OCH3 is 1. The van der Waals surface area contributed by atoms with Gasteiger partial charge in [0.1, 0.15) is 5.75 Å². The zero-order valence-electron chi connectivity index (χ0n) is 10.0. The third-order valence-electron chi connectivity index (χ3n) is 2.31. The molecule has 0 spiro atoms. The number of hydroxylamine groups is 2. The fourth-order valence-electron chi connectivity index (χ4n) is 1.33. The number of ether oxygens (including phenoxy) is 1. The van der Waals surface area contributed by atoms with Crippen molar-refractivity contribution in [1.29, 1.82) is 0 Å². The lowest BCUT2D eigenvalue weighted by molar-refractivity contribution is -0.138. The number of hydrogen-bond donors (Lipinski definition) is 0. The van der Waals surface area contributed by atoms with Crippen molar-refractivity contribution < 1.29 is 27.5 Å². The van der Waals surface area contributed by atoms with Crippen molar-refractivity contribution in [3.63, 3.8) is 0 Å². The molecular weight excluding hydrogens is 251 g/mol. The van der Waals surface area contributed by atoms with Crippen molar-refractivity contribution in [3.05, 3.63) is 29.3 Å². The summed E-state index contributed by atoms with van der Waals surface area (Å²) in [5.74, 6) is -1.01. The lowest BCUT2D eigenvalue weighted by Gasteiger charge is -2.16. The van der Waals surface area contributed by atoms with Gasteiger partial charge in [-0.15, -0.1) is 0 Å². The van der Waals surface area contributed by atoms with Crippen LogP contribution in [0.4, 0.5) is 13.2 Å². The van der Waals surface area contributed by atoms with Crippen LogP contribution in [0.15, 0.2) is 18.2 Å². The van der Waals surface area contributed by atoms with E-state index in [9.17, 15) is 18.0 Å². The number of carbonyl (C=O) groups is 1. The summed E-state index contributed by atoms with van der Waals surface area (Å²) in [7, 11) is 3.68. The molecule has 0 heterocycles. The maximum Gasteiger partial charge on any atom is 0.419 e. The molecule has 0 aromatic heterocycles. The molecule has 0 bridgehead atoms. The minimum atomic E-state index is -4.59. The van der Waals surface area contributed by atoms with E-state index in [1.54, 1.807) is 0 Å². The van der Waals surface area contributed by atoms with E-state index >= 15 is 0 Å². The van der Waals surface area contributed by atoms with Crippen LogP contribution in [-0.2, 0) is 11.0 Å². The van der Waals surface area contributed by atoms with Gasteiger partial charge in [0.25, 0.3) is 5.91 Å². The van der Waals surface area contributed by atoms with Gasteiger partial charge in [-0.3, -0.25) is 9.63 Å². The van der Waals surface area contributed by atoms with E-state index in [4.69, 9.17) is 0 Å². The number of hydrogen-bond acceptors (Lipinski definition) is 3. The van der Waals surface area contributed by atoms with Crippen molar-refractivity contribution in [1.82, 2.24) is 5.06 Å². The lowest BCUT2D eigenvalue weighted by Crippen LogP contribution is -2.25. The summed E-state index contributed by atoms with van der Waals surface area (Å²) in [5.41, 5.74) is -1.13. The number of rotatable bonds is 3. The quantitative estimate of drug-likeness (QED) is 0.786. The molecule has 0 atom stereocenters. The largest absolute Gasteiger partial charge is 0.496 e. The van der Waals surface area contributed by atoms with Crippen molar-refractivity contribution in [3.8, 4) is 5.75 Å². The van der Waals surface area contributed by atoms with E-state index in [0.717, 1.165) is 24.3 Å². The summed E-state index contributed by atoms with van der Waals surface area (Å²) in [6.07, 6.45) is -4.59. The van der Waals surface area contributed by atoms with Crippen LogP contribution >= 0.6 is 0 Å². The number of carbonyl (C=O) groups excluding carboxylic acids is 1. The third-order valence-corrected chi connectivity index (χ3v) is 2.31. The smallest absolute Gasteiger partial charge is 0.419 e. The summed E-state index contributed by atoms with van der Waals surface area (Å²) in [6.45, 7) is 0. The first-order valence-corrected chi connectivity index (χ1v) is 4.88. The SMILES string of the molecule is COc1ccc(C(=O)N(C)OC)cc1C(F)(F)F. The first-order chi connectivity index (χ1) is 8.31. The normalized spacial score (nSPS) is 11.2. The molecule has 100 valence electrons. The molecule has 0 aliphatic carbocycles. The molecule has 0 N–H and O–H groups in total. The van der Waals surface area contributed by atoms with Crippen LogP contribution in [0.3, 0.4) is 0 Å². The molecule has 0 unspecified atom stereocenters. The Labute approximate surface area is 102 Å². The van der Waals surface area contributed by atoms with Crippen LogP contribution in [0.25, 0.3) is 0 Å². The van der Waals surface area contributed by atoms with Gasteiger partial charge in [0, 0.05) is 12.6 Å². The Morgan fingerprint density at radius 2 is 1.89 bits per heavy atom. The van der Waals surface area contributed by atoms with Crippen LogP contribution in [0.2, 0.25) is 0 Å². The van der Waals surface area contributed by atoms with Gasteiger partial charge in [-0.05, 0) is 18.2 Å². The molecule has 1 amide bonds. The van der Waals surface area contributed by atoms with Gasteiger partial charge in [-0.1, -0.05) is 0 Å². The Balaban J connectivity index is 3.23. The van der Waals surface area contributed by atoms with Gasteiger partial charge in [-0.25, -0.2) is 5.06 Å². The van der Waals surface area contributed by atoms with Crippen LogP contribution in [-0.4, -0.2) is 32.2 Å². The average Bonchev–Trinajstić information content (AvgIpc) is 2.35. The fraction of sp³-hybridized carbons (Fsp3) is 0.364. The summed E-state index contributed by atoms with van der Waals surface area (Å²) < 4.78 is 42.8. The standard InChI is InChI=1S/C11H12F3NO3/c1-15(18-3)10(16)7-4-5-9(17-2)8(6-7)11(12,13)14/h4-6H,1-3H3. The highest BCUT2D eigenvalue weighted by atomic mass is 19.4. The highest BCUT2D eigenvalue weighted by Crippen LogP contribution is 2.36. The van der Waals surface area contributed by atoms with Gasteiger partial charge < -0.3 is 4.74 Å². The van der Waals surface area contributed by atoms with Crippen LogP contribution < -0.4 is 4.74 Å². The van der Waals surface area contributed by atoms with E-state index in [-0.39, 0.29) is 11.3 Å². The van der Waals surface area contributed by atoms with Gasteiger partial charge in [0.2, 0.25) is 0 Å². The molecule has 0 aliphatic heterocycles. The second kappa shape index (κ2) is 5.26. The summed E-state index contributed by atoms with van der Waals surface area (Å²) in [5, 5.41) is 0.835. The molecule has 0 saturated carbocycles. The van der Waals surface area contributed by atoms with Crippen LogP contribution in [0.5, 0.6) is 5.75 Å². The van der Waals surface area contributed by atoms with Gasteiger partial charge in [0.15, 0.2) is 0 Å². The highest BCUT2D eigenvalue weighted by Gasteiger charge is 2.35. The molecule has 0 radical (unpaired) electrons. The highest BCUT2D eigenvalue weighted by molar-refractivity contribution is 5.93. The molecule has 0 fully saturated rings. The Hall–Kier alpha value is -1.76. The molecule has 7 heteroatoms. The summed E-state index contributed by atoms with van der Waals surface area (Å²) in [4.78, 5) is 16.3. The molecule has 18 heavy (non-hydrogen) atoms. The Morgan fingerprint density at radius 1 is 1.28 bits per heavy atom. The predicted molar refractivity (Wildman–Crippen MR) is 57.1 cm³/mol. The third kappa shape index (κ3) is 2.92. The molecule has 0 aliphatic rings. The topological polar surface area (TPSA) is 38.8 Å². The van der Waals surface area contributed by atoms with E-state index in [1.807, 2.05) is 0 Å². The summed E-state index contributed by atoms with van der Waals surface area (Å²) in [6, 6.07) is 3.07. The lowest BCUT2D eigenvalue weighted by atomic mass is 10.1. The number of alkyl halides is 3. The fourth-order valence-corrected chi connectivity index (χ4v) is 1.33. The van der Waals surface area contributed by atoms with Crippen molar-refractivity contribution in [2.24, 2.45) is 0 Å². The Morgan fingerprint density at radius 3 is 2.33 bits per heavy atom. The summed E-state index contributed by atoms with van der Waals surface area (Å²) >= 11 is 0. The molecular formula is C11H12F3NO3. The van der Waals surface area contributed by atoms with E-state index < -0.39 is 17.6 Å². The number of amides is 1. The minimum absolute atomic E-state index is 0.132. The zero-order chi connectivity index (χ0) is 13.9. The maximum absolute atomic E-state index is 12.7. The first kappa shape index (κ1) is 14.3. The second-order valence-electron chi connectivity index (χ2n) is 3.40. The monoisotopic (exact) mass is 263 g/mol. The molecule has 0 saturated heterocycles. The van der Waals surface area contributed by atoms with Crippen LogP contribution in [0.1, 0.15) is 15.9 Å². The van der Waals surface area contributed by atoms with Gasteiger partial charge in [-0.2, -0.15) is 13.2 Å². The zero-order valence-corrected chi connectivity index (χ0v) is 10.0. The van der Waals surface area contributed by atoms with Crippen molar-refractivity contribution in [2.45, 2.75) is 6.18 Å². The maximum atomic E-state index is 12.7. The van der Waals surface area contributed by atoms with E-state index in [1.165, 1.54) is 20.2 Å².